The summed E-state index contributed by atoms with van der Waals surface area (Å²) in [5, 5.41) is 6.05. The van der Waals surface area contributed by atoms with Gasteiger partial charge in [-0.15, -0.1) is 0 Å². The summed E-state index contributed by atoms with van der Waals surface area (Å²) in [6.07, 6.45) is 2.59. The Balaban J connectivity index is 2.03. The van der Waals surface area contributed by atoms with Crippen LogP contribution in [0.15, 0.2) is 12.3 Å². The maximum atomic E-state index is 11.9. The molecule has 0 bridgehead atoms. The predicted octanol–water partition coefficient (Wildman–Crippen LogP) is 0.770. The fourth-order valence-corrected chi connectivity index (χ4v) is 2.64. The second-order valence-electron chi connectivity index (χ2n) is 4.18. The number of rotatable bonds is 0. The Bertz CT molecular complexity index is 442. The average Bonchev–Trinajstić information content (AvgIpc) is 2.15. The molecule has 3 heterocycles. The third-order valence-electron chi connectivity index (χ3n) is 3.10. The van der Waals surface area contributed by atoms with Crippen molar-refractivity contribution in [3.63, 3.8) is 0 Å². The molecule has 0 radical (unpaired) electrons. The second-order valence-corrected chi connectivity index (χ2v) is 5.42. The molecule has 1 amide bonds. The zero-order valence-electron chi connectivity index (χ0n) is 8.01. The van der Waals surface area contributed by atoms with Crippen LogP contribution in [0.25, 0.3) is 0 Å². The molecule has 0 atom stereocenters. The number of anilines is 1. The molecule has 1 spiro atoms. The minimum absolute atomic E-state index is 0.113. The van der Waals surface area contributed by atoms with Crippen LogP contribution in [0, 0.1) is 8.99 Å². The van der Waals surface area contributed by atoms with Crippen LogP contribution in [0.4, 0.5) is 5.82 Å². The van der Waals surface area contributed by atoms with Crippen LogP contribution in [0.3, 0.4) is 0 Å². The van der Waals surface area contributed by atoms with Gasteiger partial charge < -0.3 is 10.6 Å². The number of pyridine rings is 1. The summed E-state index contributed by atoms with van der Waals surface area (Å²) >= 11 is 2.24. The SMILES string of the molecule is O=C1Nc2ncc(I)cc2CC12CNC2. The van der Waals surface area contributed by atoms with E-state index in [1.165, 1.54) is 0 Å². The number of halogens is 1. The van der Waals surface area contributed by atoms with E-state index in [-0.39, 0.29) is 11.3 Å². The number of hydrogen-bond acceptors (Lipinski definition) is 3. The topological polar surface area (TPSA) is 54.0 Å². The molecule has 3 rings (SSSR count). The lowest BCUT2D eigenvalue weighted by molar-refractivity contribution is -0.128. The lowest BCUT2D eigenvalue weighted by Gasteiger charge is -2.43. The molecule has 4 nitrogen and oxygen atoms in total. The summed E-state index contributed by atoms with van der Waals surface area (Å²) in [6, 6.07) is 2.10. The van der Waals surface area contributed by atoms with Gasteiger partial charge in [0.1, 0.15) is 5.82 Å². The fraction of sp³-hybridized carbons (Fsp3) is 0.400. The normalized spacial score (nSPS) is 21.8. The summed E-state index contributed by atoms with van der Waals surface area (Å²) in [7, 11) is 0. The third-order valence-corrected chi connectivity index (χ3v) is 3.69. The van der Waals surface area contributed by atoms with E-state index in [9.17, 15) is 4.79 Å². The Morgan fingerprint density at radius 1 is 1.47 bits per heavy atom. The Labute approximate surface area is 101 Å². The number of nitrogens with one attached hydrogen (secondary N) is 2. The summed E-state index contributed by atoms with van der Waals surface area (Å²) < 4.78 is 1.12. The van der Waals surface area contributed by atoms with E-state index in [2.05, 4.69) is 44.3 Å². The van der Waals surface area contributed by atoms with Crippen molar-refractivity contribution < 1.29 is 4.79 Å². The summed E-state index contributed by atoms with van der Waals surface area (Å²) in [6.45, 7) is 1.56. The van der Waals surface area contributed by atoms with E-state index < -0.39 is 0 Å². The second kappa shape index (κ2) is 3.15. The van der Waals surface area contributed by atoms with Crippen LogP contribution >= 0.6 is 22.6 Å². The van der Waals surface area contributed by atoms with Crippen LogP contribution in [0.5, 0.6) is 0 Å². The number of fused-ring (bicyclic) bond motifs is 1. The van der Waals surface area contributed by atoms with E-state index in [0.717, 1.165) is 34.5 Å². The molecule has 1 saturated heterocycles. The van der Waals surface area contributed by atoms with Gasteiger partial charge in [-0.1, -0.05) is 0 Å². The summed E-state index contributed by atoms with van der Waals surface area (Å²) in [5.74, 6) is 0.848. The standard InChI is InChI=1S/C10H10IN3O/c11-7-1-6-2-10(4-12-5-10)9(15)14-8(6)13-3-7/h1,3,12H,2,4-5H2,(H,13,14,15). The van der Waals surface area contributed by atoms with Crippen molar-refractivity contribution in [3.8, 4) is 0 Å². The van der Waals surface area contributed by atoms with Crippen LogP contribution in [0.1, 0.15) is 5.56 Å². The van der Waals surface area contributed by atoms with E-state index >= 15 is 0 Å². The molecule has 15 heavy (non-hydrogen) atoms. The van der Waals surface area contributed by atoms with Crippen molar-refractivity contribution in [3.05, 3.63) is 21.4 Å². The van der Waals surface area contributed by atoms with Gasteiger partial charge >= 0.3 is 0 Å². The van der Waals surface area contributed by atoms with E-state index in [0.29, 0.717) is 0 Å². The van der Waals surface area contributed by atoms with Gasteiger partial charge in [-0.3, -0.25) is 4.79 Å². The molecule has 1 fully saturated rings. The highest BCUT2D eigenvalue weighted by Crippen LogP contribution is 2.35. The first-order valence-corrected chi connectivity index (χ1v) is 5.94. The predicted molar refractivity (Wildman–Crippen MR) is 64.6 cm³/mol. The Morgan fingerprint density at radius 2 is 2.27 bits per heavy atom. The molecule has 0 saturated carbocycles. The zero-order chi connectivity index (χ0) is 10.5. The molecule has 0 aromatic carbocycles. The first-order valence-electron chi connectivity index (χ1n) is 4.86. The first kappa shape index (κ1) is 9.53. The maximum absolute atomic E-state index is 11.9. The Kier molecular flexibility index (Phi) is 2.00. The number of carbonyl (C=O) groups excluding carboxylic acids is 1. The van der Waals surface area contributed by atoms with E-state index in [1.54, 1.807) is 6.20 Å². The number of nitrogens with zero attached hydrogens (tertiary/aromatic N) is 1. The number of carbonyl (C=O) groups is 1. The lowest BCUT2D eigenvalue weighted by Crippen LogP contribution is -2.62. The Morgan fingerprint density at radius 3 is 2.93 bits per heavy atom. The maximum Gasteiger partial charge on any atom is 0.234 e. The minimum Gasteiger partial charge on any atom is -0.314 e. The van der Waals surface area contributed by atoms with Crippen LogP contribution in [-0.4, -0.2) is 24.0 Å². The third kappa shape index (κ3) is 1.37. The summed E-state index contributed by atoms with van der Waals surface area (Å²) in [5.41, 5.74) is 0.946. The molecular formula is C10H10IN3O. The van der Waals surface area contributed by atoms with Gasteiger partial charge in [-0.2, -0.15) is 0 Å². The smallest absolute Gasteiger partial charge is 0.234 e. The Hall–Kier alpha value is -0.690. The molecule has 2 aliphatic heterocycles. The largest absolute Gasteiger partial charge is 0.314 e. The monoisotopic (exact) mass is 315 g/mol. The minimum atomic E-state index is -0.209. The molecule has 2 N–H and O–H groups in total. The molecule has 2 aliphatic rings. The van der Waals surface area contributed by atoms with Gasteiger partial charge in [0.05, 0.1) is 5.41 Å². The highest BCUT2D eigenvalue weighted by atomic mass is 127. The van der Waals surface area contributed by atoms with Crippen molar-refractivity contribution in [1.82, 2.24) is 10.3 Å². The zero-order valence-corrected chi connectivity index (χ0v) is 10.2. The van der Waals surface area contributed by atoms with Crippen LogP contribution < -0.4 is 10.6 Å². The van der Waals surface area contributed by atoms with Gasteiger partial charge in [0, 0.05) is 22.9 Å². The quantitative estimate of drug-likeness (QED) is 0.696. The molecule has 1 aromatic heterocycles. The fourth-order valence-electron chi connectivity index (χ4n) is 2.13. The van der Waals surface area contributed by atoms with Gasteiger partial charge in [-0.25, -0.2) is 4.98 Å². The van der Waals surface area contributed by atoms with Crippen molar-refractivity contribution >= 4 is 34.3 Å². The van der Waals surface area contributed by atoms with E-state index in [1.807, 2.05) is 0 Å². The van der Waals surface area contributed by atoms with Crippen LogP contribution in [0.2, 0.25) is 0 Å². The van der Waals surface area contributed by atoms with Crippen molar-refractivity contribution in [2.75, 3.05) is 18.4 Å². The molecule has 0 unspecified atom stereocenters. The molecule has 1 aromatic rings. The first-order chi connectivity index (χ1) is 7.20. The van der Waals surface area contributed by atoms with Crippen molar-refractivity contribution in [2.24, 2.45) is 5.41 Å². The average molecular weight is 315 g/mol. The molecule has 0 aliphatic carbocycles. The lowest BCUT2D eigenvalue weighted by atomic mass is 9.74. The van der Waals surface area contributed by atoms with Crippen molar-refractivity contribution in [1.29, 1.82) is 0 Å². The van der Waals surface area contributed by atoms with Crippen molar-refractivity contribution in [2.45, 2.75) is 6.42 Å². The number of aromatic nitrogens is 1. The number of hydrogen-bond donors (Lipinski definition) is 2. The van der Waals surface area contributed by atoms with Gasteiger partial charge in [0.2, 0.25) is 5.91 Å². The highest BCUT2D eigenvalue weighted by molar-refractivity contribution is 14.1. The van der Waals surface area contributed by atoms with Crippen LogP contribution in [-0.2, 0) is 11.2 Å². The number of amides is 1. The molecular weight excluding hydrogens is 305 g/mol. The van der Waals surface area contributed by atoms with E-state index in [4.69, 9.17) is 0 Å². The molecule has 78 valence electrons. The highest BCUT2D eigenvalue weighted by Gasteiger charge is 2.47. The van der Waals surface area contributed by atoms with Gasteiger partial charge in [0.25, 0.3) is 0 Å². The summed E-state index contributed by atoms with van der Waals surface area (Å²) in [4.78, 5) is 16.1. The van der Waals surface area contributed by atoms with Gasteiger partial charge in [0.15, 0.2) is 0 Å². The van der Waals surface area contributed by atoms with Gasteiger partial charge in [-0.05, 0) is 40.6 Å². The molecule has 5 heteroatoms.